The summed E-state index contributed by atoms with van der Waals surface area (Å²) in [6, 6.07) is 0. The van der Waals surface area contributed by atoms with E-state index >= 15 is 0 Å². The summed E-state index contributed by atoms with van der Waals surface area (Å²) in [6.07, 6.45) is -0.995. The first-order chi connectivity index (χ1) is 5.04. The molecule has 3 N–H and O–H groups in total. The van der Waals surface area contributed by atoms with E-state index in [1.165, 1.54) is 0 Å². The van der Waals surface area contributed by atoms with Crippen LogP contribution in [0.2, 0.25) is 0 Å². The summed E-state index contributed by atoms with van der Waals surface area (Å²) in [4.78, 5) is 9.00. The molecule has 5 nitrogen and oxygen atoms in total. The fourth-order valence-electron chi connectivity index (χ4n) is 0.245. The van der Waals surface area contributed by atoms with E-state index in [9.17, 15) is 0 Å². The van der Waals surface area contributed by atoms with E-state index in [2.05, 4.69) is 4.74 Å². The maximum atomic E-state index is 9.00. The number of carboxylic acid groups (broad SMARTS) is 1. The molecule has 0 aliphatic carbocycles. The summed E-state index contributed by atoms with van der Waals surface area (Å²) < 4.78 is 4.50. The lowest BCUT2D eigenvalue weighted by atomic mass is 10.7. The molecule has 0 spiro atoms. The van der Waals surface area contributed by atoms with E-state index in [0.29, 0.717) is 6.61 Å². The van der Waals surface area contributed by atoms with Gasteiger partial charge in [0.2, 0.25) is 0 Å². The third-order valence-corrected chi connectivity index (χ3v) is 0.515. The highest BCUT2D eigenvalue weighted by molar-refractivity contribution is 5.62. The maximum Gasteiger partial charge on any atom is 0.300 e. The number of rotatable bonds is 3. The van der Waals surface area contributed by atoms with Crippen molar-refractivity contribution < 1.29 is 24.9 Å². The lowest BCUT2D eigenvalue weighted by molar-refractivity contribution is -0.134. The first-order valence-corrected chi connectivity index (χ1v) is 3.14. The van der Waals surface area contributed by atoms with Crippen LogP contribution in [-0.2, 0) is 9.53 Å². The normalized spacial score (nSPS) is 11.3. The van der Waals surface area contributed by atoms with Crippen molar-refractivity contribution in [1.29, 1.82) is 0 Å². The van der Waals surface area contributed by atoms with Crippen LogP contribution in [-0.4, -0.2) is 40.8 Å². The average molecular weight is 166 g/mol. The third-order valence-electron chi connectivity index (χ3n) is 0.515. The number of hydrogen-bond acceptors (Lipinski definition) is 4. The molecule has 0 radical (unpaired) electrons. The van der Waals surface area contributed by atoms with Gasteiger partial charge in [-0.05, 0) is 6.92 Å². The molecule has 0 bridgehead atoms. The number of aliphatic hydroxyl groups is 2. The van der Waals surface area contributed by atoms with Crippen molar-refractivity contribution in [2.45, 2.75) is 20.1 Å². The lowest BCUT2D eigenvalue weighted by Crippen LogP contribution is -2.15. The molecule has 0 saturated heterocycles. The fraction of sp³-hybridized carbons (Fsp3) is 0.833. The van der Waals surface area contributed by atoms with Crippen molar-refractivity contribution in [2.75, 3.05) is 13.2 Å². The summed E-state index contributed by atoms with van der Waals surface area (Å²) in [5.41, 5.74) is 0. The van der Waals surface area contributed by atoms with Gasteiger partial charge in [-0.1, -0.05) is 0 Å². The minimum absolute atomic E-state index is 0.326. The van der Waals surface area contributed by atoms with E-state index < -0.39 is 12.3 Å². The van der Waals surface area contributed by atoms with E-state index in [1.54, 1.807) is 6.92 Å². The lowest BCUT2D eigenvalue weighted by Gasteiger charge is -2.03. The fourth-order valence-corrected chi connectivity index (χ4v) is 0.245. The van der Waals surface area contributed by atoms with Gasteiger partial charge in [0.25, 0.3) is 5.97 Å². The van der Waals surface area contributed by atoms with Crippen LogP contribution in [0.3, 0.4) is 0 Å². The second kappa shape index (κ2) is 9.35. The summed E-state index contributed by atoms with van der Waals surface area (Å²) in [5.74, 6) is -0.833. The van der Waals surface area contributed by atoms with Crippen LogP contribution in [0.15, 0.2) is 0 Å². The molecule has 0 saturated carbocycles. The van der Waals surface area contributed by atoms with Crippen molar-refractivity contribution >= 4 is 5.97 Å². The summed E-state index contributed by atoms with van der Waals surface area (Å²) in [5, 5.41) is 23.9. The van der Waals surface area contributed by atoms with Gasteiger partial charge in [0, 0.05) is 13.5 Å². The first kappa shape index (κ1) is 13.0. The zero-order valence-electron chi connectivity index (χ0n) is 6.65. The van der Waals surface area contributed by atoms with Gasteiger partial charge in [-0.25, -0.2) is 0 Å². The van der Waals surface area contributed by atoms with Crippen LogP contribution in [0.25, 0.3) is 0 Å². The number of carboxylic acids is 1. The Kier molecular flexibility index (Phi) is 11.0. The van der Waals surface area contributed by atoms with E-state index in [-0.39, 0.29) is 6.61 Å². The van der Waals surface area contributed by atoms with Gasteiger partial charge in [-0.2, -0.15) is 0 Å². The number of hydrogen-bond donors (Lipinski definition) is 3. The molecular formula is C6H14O5. The Bertz CT molecular complexity index is 89.0. The number of ether oxygens (including phenoxy) is 1. The molecule has 0 aromatic carbocycles. The maximum absolute atomic E-state index is 9.00. The Balaban J connectivity index is 0. The highest BCUT2D eigenvalue weighted by Crippen LogP contribution is 1.80. The van der Waals surface area contributed by atoms with Crippen molar-refractivity contribution in [2.24, 2.45) is 0 Å². The quantitative estimate of drug-likeness (QED) is 0.488. The predicted octanol–water partition coefficient (Wildman–Crippen LogP) is -0.576. The van der Waals surface area contributed by atoms with Gasteiger partial charge < -0.3 is 20.1 Å². The minimum atomic E-state index is -0.995. The molecule has 0 aromatic heterocycles. The van der Waals surface area contributed by atoms with Crippen molar-refractivity contribution in [3.8, 4) is 0 Å². The molecule has 5 heteroatoms. The number of aliphatic carboxylic acids is 1. The highest BCUT2D eigenvalue weighted by Gasteiger charge is 1.95. The predicted molar refractivity (Wildman–Crippen MR) is 38.0 cm³/mol. The smallest absolute Gasteiger partial charge is 0.300 e. The van der Waals surface area contributed by atoms with Crippen LogP contribution in [0.4, 0.5) is 0 Å². The van der Waals surface area contributed by atoms with E-state index in [1.807, 2.05) is 0 Å². The highest BCUT2D eigenvalue weighted by atomic mass is 16.6. The van der Waals surface area contributed by atoms with Gasteiger partial charge in [0.1, 0.15) is 0 Å². The second-order valence-corrected chi connectivity index (χ2v) is 1.61. The topological polar surface area (TPSA) is 87.0 Å². The summed E-state index contributed by atoms with van der Waals surface area (Å²) in [6.45, 7) is 2.94. The van der Waals surface area contributed by atoms with Gasteiger partial charge in [-0.3, -0.25) is 4.79 Å². The third kappa shape index (κ3) is 26.7. The Hall–Kier alpha value is -0.650. The summed E-state index contributed by atoms with van der Waals surface area (Å²) in [7, 11) is 0. The van der Waals surface area contributed by atoms with Gasteiger partial charge in [-0.15, -0.1) is 0 Å². The van der Waals surface area contributed by atoms with Crippen LogP contribution in [0, 0.1) is 0 Å². The molecule has 1 atom stereocenters. The van der Waals surface area contributed by atoms with Crippen LogP contribution in [0.5, 0.6) is 0 Å². The van der Waals surface area contributed by atoms with Crippen molar-refractivity contribution in [3.63, 3.8) is 0 Å². The molecule has 11 heavy (non-hydrogen) atoms. The number of aliphatic hydroxyl groups excluding tert-OH is 2. The van der Waals surface area contributed by atoms with Gasteiger partial charge >= 0.3 is 0 Å². The van der Waals surface area contributed by atoms with Crippen molar-refractivity contribution in [1.82, 2.24) is 0 Å². The minimum Gasteiger partial charge on any atom is -0.481 e. The average Bonchev–Trinajstić information content (AvgIpc) is 1.87. The molecular weight excluding hydrogens is 152 g/mol. The van der Waals surface area contributed by atoms with Gasteiger partial charge in [0.15, 0.2) is 6.29 Å². The van der Waals surface area contributed by atoms with E-state index in [0.717, 1.165) is 6.92 Å². The van der Waals surface area contributed by atoms with E-state index in [4.69, 9.17) is 20.1 Å². The van der Waals surface area contributed by atoms with Gasteiger partial charge in [0.05, 0.1) is 6.61 Å². The van der Waals surface area contributed by atoms with Crippen LogP contribution >= 0.6 is 0 Å². The Morgan fingerprint density at radius 1 is 1.64 bits per heavy atom. The van der Waals surface area contributed by atoms with Crippen LogP contribution < -0.4 is 0 Å². The second-order valence-electron chi connectivity index (χ2n) is 1.61. The molecule has 68 valence electrons. The SMILES string of the molecule is CC(=O)O.CCOC(O)CO. The Morgan fingerprint density at radius 3 is 2.09 bits per heavy atom. The van der Waals surface area contributed by atoms with Crippen molar-refractivity contribution in [3.05, 3.63) is 0 Å². The molecule has 0 fully saturated rings. The standard InChI is InChI=1S/C4H10O3.C2H4O2/c1-2-7-4(6)3-5;1-2(3)4/h4-6H,2-3H2,1H3;1H3,(H,3,4). The zero-order chi connectivity index (χ0) is 9.28. The molecule has 1 unspecified atom stereocenters. The molecule has 0 amide bonds. The molecule has 0 aromatic rings. The first-order valence-electron chi connectivity index (χ1n) is 3.14. The monoisotopic (exact) mass is 166 g/mol. The Labute approximate surface area is 65.2 Å². The Morgan fingerprint density at radius 2 is 2.00 bits per heavy atom. The molecule has 0 aliphatic heterocycles. The largest absolute Gasteiger partial charge is 0.481 e. The number of carbonyl (C=O) groups is 1. The zero-order valence-corrected chi connectivity index (χ0v) is 6.65. The van der Waals surface area contributed by atoms with Crippen LogP contribution in [0.1, 0.15) is 13.8 Å². The molecule has 0 heterocycles. The molecule has 0 rings (SSSR count). The summed E-state index contributed by atoms with van der Waals surface area (Å²) >= 11 is 0. The molecule has 0 aliphatic rings.